The van der Waals surface area contributed by atoms with Crippen LogP contribution >= 0.6 is 0 Å². The molecule has 0 aromatic carbocycles. The van der Waals surface area contributed by atoms with Crippen LogP contribution in [0.1, 0.15) is 84.5 Å². The zero-order valence-corrected chi connectivity index (χ0v) is 15.9. The van der Waals surface area contributed by atoms with E-state index in [1.165, 1.54) is 38.5 Å². The normalized spacial score (nSPS) is 49.2. The van der Waals surface area contributed by atoms with Crippen molar-refractivity contribution in [2.24, 2.45) is 40.4 Å². The van der Waals surface area contributed by atoms with Crippen LogP contribution < -0.4 is 0 Å². The predicted octanol–water partition coefficient (Wildman–Crippen LogP) is 5.08. The lowest BCUT2D eigenvalue weighted by Crippen LogP contribution is -2.56. The molecule has 0 aromatic heterocycles. The van der Waals surface area contributed by atoms with E-state index in [1.807, 2.05) is 0 Å². The summed E-state index contributed by atoms with van der Waals surface area (Å²) < 4.78 is 0. The van der Waals surface area contributed by atoms with Crippen molar-refractivity contribution >= 4 is 11.8 Å². The highest BCUT2D eigenvalue weighted by atomic mass is 16.4. The number of carbonyl (C=O) groups is 2. The van der Waals surface area contributed by atoms with Crippen LogP contribution in [0.25, 0.3) is 0 Å². The molecular weight excluding hydrogens is 312 g/mol. The van der Waals surface area contributed by atoms with Gasteiger partial charge in [-0.1, -0.05) is 26.7 Å². The molecule has 25 heavy (non-hydrogen) atoms. The Labute approximate surface area is 151 Å². The minimum atomic E-state index is -0.674. The Bertz CT molecular complexity index is 570. The molecule has 0 aliphatic heterocycles. The van der Waals surface area contributed by atoms with Gasteiger partial charge in [0.1, 0.15) is 5.78 Å². The van der Waals surface area contributed by atoms with Gasteiger partial charge in [-0.25, -0.2) is 0 Å². The monoisotopic (exact) mass is 346 g/mol. The number of Topliss-reactive ketones (excluding diaryl/α,β-unsaturated/α-hetero) is 1. The van der Waals surface area contributed by atoms with Crippen LogP contribution in [-0.4, -0.2) is 16.9 Å². The number of hydrogen-bond acceptors (Lipinski definition) is 2. The Morgan fingerprint density at radius 1 is 1.04 bits per heavy atom. The Kier molecular flexibility index (Phi) is 4.28. The highest BCUT2D eigenvalue weighted by Gasteiger charge is 2.61. The maximum Gasteiger partial charge on any atom is 0.303 e. The van der Waals surface area contributed by atoms with Crippen molar-refractivity contribution in [1.82, 2.24) is 0 Å². The van der Waals surface area contributed by atoms with E-state index in [9.17, 15) is 9.59 Å². The summed E-state index contributed by atoms with van der Waals surface area (Å²) >= 11 is 0. The van der Waals surface area contributed by atoms with Gasteiger partial charge in [0.25, 0.3) is 0 Å². The number of aliphatic carboxylic acids is 1. The van der Waals surface area contributed by atoms with Gasteiger partial charge >= 0.3 is 5.97 Å². The molecular formula is C22H34O3. The van der Waals surface area contributed by atoms with Crippen LogP contribution in [0.15, 0.2) is 0 Å². The topological polar surface area (TPSA) is 54.4 Å². The van der Waals surface area contributed by atoms with Gasteiger partial charge in [0, 0.05) is 18.8 Å². The molecule has 0 radical (unpaired) electrons. The average molecular weight is 347 g/mol. The third-order valence-electron chi connectivity index (χ3n) is 9.29. The molecule has 4 fully saturated rings. The number of carboxylic acids is 1. The van der Waals surface area contributed by atoms with Gasteiger partial charge in [-0.2, -0.15) is 0 Å². The van der Waals surface area contributed by atoms with Gasteiger partial charge < -0.3 is 5.11 Å². The second kappa shape index (κ2) is 6.09. The van der Waals surface area contributed by atoms with Crippen LogP contribution in [0.2, 0.25) is 0 Å². The number of fused-ring (bicyclic) bond motifs is 5. The first kappa shape index (κ1) is 17.5. The molecule has 0 spiro atoms. The molecule has 0 saturated heterocycles. The van der Waals surface area contributed by atoms with Crippen LogP contribution in [-0.2, 0) is 9.59 Å². The first-order valence-corrected chi connectivity index (χ1v) is 10.6. The summed E-state index contributed by atoms with van der Waals surface area (Å²) in [6, 6.07) is 0. The van der Waals surface area contributed by atoms with Gasteiger partial charge in [-0.05, 0) is 79.4 Å². The molecule has 140 valence electrons. The Morgan fingerprint density at radius 3 is 2.56 bits per heavy atom. The van der Waals surface area contributed by atoms with Gasteiger partial charge in [0.15, 0.2) is 0 Å². The fourth-order valence-corrected chi connectivity index (χ4v) is 7.84. The van der Waals surface area contributed by atoms with E-state index in [1.54, 1.807) is 0 Å². The Balaban J connectivity index is 1.59. The minimum Gasteiger partial charge on any atom is -0.481 e. The molecule has 0 aromatic rings. The molecule has 0 amide bonds. The Morgan fingerprint density at radius 2 is 1.80 bits per heavy atom. The number of hydrogen-bond donors (Lipinski definition) is 1. The van der Waals surface area contributed by atoms with Crippen molar-refractivity contribution in [1.29, 1.82) is 0 Å². The van der Waals surface area contributed by atoms with Crippen molar-refractivity contribution in [3.8, 4) is 0 Å². The fraction of sp³-hybridized carbons (Fsp3) is 0.909. The molecule has 4 aliphatic rings. The average Bonchev–Trinajstić information content (AvgIpc) is 2.90. The maximum absolute atomic E-state index is 13.2. The number of carbonyl (C=O) groups excluding carboxylic acids is 1. The van der Waals surface area contributed by atoms with Crippen LogP contribution in [0.3, 0.4) is 0 Å². The summed E-state index contributed by atoms with van der Waals surface area (Å²) in [7, 11) is 0. The van der Waals surface area contributed by atoms with E-state index in [2.05, 4.69) is 13.8 Å². The van der Waals surface area contributed by atoms with E-state index in [0.29, 0.717) is 34.9 Å². The summed E-state index contributed by atoms with van der Waals surface area (Å²) in [5.74, 6) is 2.39. The summed E-state index contributed by atoms with van der Waals surface area (Å²) in [6.07, 6.45) is 11.8. The zero-order valence-electron chi connectivity index (χ0n) is 15.9. The van der Waals surface area contributed by atoms with Gasteiger partial charge in [0.05, 0.1) is 0 Å². The smallest absolute Gasteiger partial charge is 0.303 e. The molecule has 0 bridgehead atoms. The molecule has 4 rings (SSSR count). The second-order valence-corrected chi connectivity index (χ2v) is 10.1. The molecule has 3 heteroatoms. The van der Waals surface area contributed by atoms with E-state index in [4.69, 9.17) is 5.11 Å². The third-order valence-corrected chi connectivity index (χ3v) is 9.29. The predicted molar refractivity (Wildman–Crippen MR) is 97.1 cm³/mol. The zero-order chi connectivity index (χ0) is 17.8. The van der Waals surface area contributed by atoms with Crippen molar-refractivity contribution in [2.45, 2.75) is 84.5 Å². The van der Waals surface area contributed by atoms with E-state index in [0.717, 1.165) is 25.7 Å². The lowest BCUT2D eigenvalue weighted by Gasteiger charge is -2.59. The number of rotatable bonds is 3. The van der Waals surface area contributed by atoms with Gasteiger partial charge in [-0.3, -0.25) is 9.59 Å². The second-order valence-electron chi connectivity index (χ2n) is 10.1. The Hall–Kier alpha value is -0.860. The SMILES string of the molecule is CC12CCCCC1CC(=O)C1C2CCC2(C)C1CC[C@@H]2CCC(=O)O. The lowest BCUT2D eigenvalue weighted by molar-refractivity contribution is -0.156. The molecule has 4 aliphatic carbocycles. The largest absolute Gasteiger partial charge is 0.481 e. The molecule has 1 N–H and O–H groups in total. The molecule has 7 atom stereocenters. The van der Waals surface area contributed by atoms with Gasteiger partial charge in [0.2, 0.25) is 0 Å². The summed E-state index contributed by atoms with van der Waals surface area (Å²) in [5, 5.41) is 9.09. The maximum atomic E-state index is 13.2. The molecule has 3 nitrogen and oxygen atoms in total. The minimum absolute atomic E-state index is 0.199. The fourth-order valence-electron chi connectivity index (χ4n) is 7.84. The highest BCUT2D eigenvalue weighted by molar-refractivity contribution is 5.83. The summed E-state index contributed by atoms with van der Waals surface area (Å²) in [5.41, 5.74) is 0.585. The first-order chi connectivity index (χ1) is 11.9. The number of carboxylic acid groups (broad SMARTS) is 1. The van der Waals surface area contributed by atoms with Crippen LogP contribution in [0, 0.1) is 40.4 Å². The quantitative estimate of drug-likeness (QED) is 0.775. The molecule has 0 heterocycles. The van der Waals surface area contributed by atoms with E-state index < -0.39 is 5.97 Å². The van der Waals surface area contributed by atoms with Crippen molar-refractivity contribution in [3.63, 3.8) is 0 Å². The molecule has 4 saturated carbocycles. The van der Waals surface area contributed by atoms with Crippen molar-refractivity contribution in [2.75, 3.05) is 0 Å². The summed E-state index contributed by atoms with van der Waals surface area (Å²) in [6.45, 7) is 4.89. The van der Waals surface area contributed by atoms with Gasteiger partial charge in [-0.15, -0.1) is 0 Å². The van der Waals surface area contributed by atoms with Crippen molar-refractivity contribution in [3.05, 3.63) is 0 Å². The number of ketones is 1. The standard InChI is InChI=1S/C22H34O3/c1-21-11-4-3-5-15(21)13-18(23)20-16-8-6-14(7-9-19(24)25)22(16,2)12-10-17(20)21/h14-17,20H,3-13H2,1-2H3,(H,24,25)/t14-,15?,16?,17?,20?,21?,22?/m1/s1. The molecule has 6 unspecified atom stereocenters. The van der Waals surface area contributed by atoms with E-state index >= 15 is 0 Å². The van der Waals surface area contributed by atoms with Crippen LogP contribution in [0.4, 0.5) is 0 Å². The summed E-state index contributed by atoms with van der Waals surface area (Å²) in [4.78, 5) is 24.2. The first-order valence-electron chi connectivity index (χ1n) is 10.6. The van der Waals surface area contributed by atoms with E-state index in [-0.39, 0.29) is 17.8 Å². The highest BCUT2D eigenvalue weighted by Crippen LogP contribution is 2.67. The van der Waals surface area contributed by atoms with Crippen LogP contribution in [0.5, 0.6) is 0 Å². The van der Waals surface area contributed by atoms with Crippen molar-refractivity contribution < 1.29 is 14.7 Å². The lowest BCUT2D eigenvalue weighted by atomic mass is 9.44. The third kappa shape index (κ3) is 2.59.